The van der Waals surface area contributed by atoms with Crippen molar-refractivity contribution in [3.63, 3.8) is 0 Å². The highest BCUT2D eigenvalue weighted by Gasteiger charge is 2.36. The van der Waals surface area contributed by atoms with Gasteiger partial charge in [0.25, 0.3) is 0 Å². The molecule has 0 amide bonds. The number of aliphatic hydroxyl groups excluding tert-OH is 1. The lowest BCUT2D eigenvalue weighted by atomic mass is 10.1. The molecule has 0 spiro atoms. The van der Waals surface area contributed by atoms with E-state index in [0.29, 0.717) is 5.75 Å². The molecule has 0 heterocycles. The summed E-state index contributed by atoms with van der Waals surface area (Å²) in [6, 6.07) is 8.85. The average molecular weight is 224 g/mol. The molecule has 4 nitrogen and oxygen atoms in total. The quantitative estimate of drug-likeness (QED) is 0.768. The van der Waals surface area contributed by atoms with Gasteiger partial charge >= 0.3 is 5.97 Å². The van der Waals surface area contributed by atoms with Crippen LogP contribution in [0.4, 0.5) is 0 Å². The summed E-state index contributed by atoms with van der Waals surface area (Å²) in [4.78, 5) is 11.6. The van der Waals surface area contributed by atoms with Crippen LogP contribution in [-0.4, -0.2) is 29.9 Å². The maximum atomic E-state index is 11.6. The molecule has 16 heavy (non-hydrogen) atoms. The number of carbonyl (C=O) groups is 1. The number of rotatable bonds is 5. The second-order valence-corrected chi connectivity index (χ2v) is 3.52. The van der Waals surface area contributed by atoms with E-state index < -0.39 is 18.2 Å². The molecule has 0 aliphatic rings. The molecule has 1 N–H and O–H groups in total. The van der Waals surface area contributed by atoms with E-state index in [4.69, 9.17) is 9.47 Å². The molecule has 88 valence electrons. The van der Waals surface area contributed by atoms with Gasteiger partial charge in [-0.3, -0.25) is 0 Å². The Balaban J connectivity index is 2.78. The zero-order chi connectivity index (χ0) is 12.0. The SMILES string of the molecule is CCOC(=O)C(C)(CO)Oc1ccccc1. The summed E-state index contributed by atoms with van der Waals surface area (Å²) in [5.74, 6) is -0.0477. The molecule has 1 unspecified atom stereocenters. The minimum atomic E-state index is -1.35. The fourth-order valence-corrected chi connectivity index (χ4v) is 1.17. The number of benzene rings is 1. The molecule has 1 aromatic carbocycles. The molecule has 1 rings (SSSR count). The number of hydrogen-bond donors (Lipinski definition) is 1. The predicted molar refractivity (Wildman–Crippen MR) is 59.2 cm³/mol. The Morgan fingerprint density at radius 1 is 1.38 bits per heavy atom. The van der Waals surface area contributed by atoms with Crippen LogP contribution in [0.1, 0.15) is 13.8 Å². The van der Waals surface area contributed by atoms with Crippen molar-refractivity contribution in [2.24, 2.45) is 0 Å². The van der Waals surface area contributed by atoms with Gasteiger partial charge in [0.1, 0.15) is 5.75 Å². The summed E-state index contributed by atoms with van der Waals surface area (Å²) in [6.07, 6.45) is 0. The van der Waals surface area contributed by atoms with Gasteiger partial charge in [-0.15, -0.1) is 0 Å². The first kappa shape index (κ1) is 12.5. The van der Waals surface area contributed by atoms with Gasteiger partial charge in [-0.05, 0) is 26.0 Å². The number of aliphatic hydroxyl groups is 1. The van der Waals surface area contributed by atoms with Gasteiger partial charge in [0.05, 0.1) is 13.2 Å². The summed E-state index contributed by atoms with van der Waals surface area (Å²) < 4.78 is 10.3. The fraction of sp³-hybridized carbons (Fsp3) is 0.417. The minimum Gasteiger partial charge on any atom is -0.473 e. The Hall–Kier alpha value is -1.55. The van der Waals surface area contributed by atoms with Gasteiger partial charge in [-0.2, -0.15) is 0 Å². The summed E-state index contributed by atoms with van der Waals surface area (Å²) in [5.41, 5.74) is -1.35. The number of para-hydroxylation sites is 1. The van der Waals surface area contributed by atoms with Crippen molar-refractivity contribution in [3.05, 3.63) is 30.3 Å². The predicted octanol–water partition coefficient (Wildman–Crippen LogP) is 1.38. The third kappa shape index (κ3) is 2.97. The maximum Gasteiger partial charge on any atom is 0.352 e. The monoisotopic (exact) mass is 224 g/mol. The summed E-state index contributed by atoms with van der Waals surface area (Å²) in [7, 11) is 0. The average Bonchev–Trinajstić information content (AvgIpc) is 2.30. The largest absolute Gasteiger partial charge is 0.473 e. The Bertz CT molecular complexity index is 336. The van der Waals surface area contributed by atoms with Crippen LogP contribution in [0.5, 0.6) is 5.75 Å². The molecule has 0 radical (unpaired) electrons. The van der Waals surface area contributed by atoms with Gasteiger partial charge in [0, 0.05) is 0 Å². The highest BCUT2D eigenvalue weighted by molar-refractivity contribution is 5.79. The topological polar surface area (TPSA) is 55.8 Å². The molecule has 4 heteroatoms. The molecule has 1 atom stereocenters. The van der Waals surface area contributed by atoms with E-state index in [-0.39, 0.29) is 6.61 Å². The minimum absolute atomic E-state index is 0.257. The molecule has 1 aromatic rings. The van der Waals surface area contributed by atoms with E-state index in [0.717, 1.165) is 0 Å². The van der Waals surface area contributed by atoms with Gasteiger partial charge in [-0.1, -0.05) is 18.2 Å². The molecular weight excluding hydrogens is 208 g/mol. The van der Waals surface area contributed by atoms with Crippen molar-refractivity contribution < 1.29 is 19.4 Å². The van der Waals surface area contributed by atoms with Gasteiger partial charge in [0.2, 0.25) is 5.60 Å². The van der Waals surface area contributed by atoms with Crippen LogP contribution >= 0.6 is 0 Å². The fourth-order valence-electron chi connectivity index (χ4n) is 1.17. The lowest BCUT2D eigenvalue weighted by Crippen LogP contribution is -2.46. The summed E-state index contributed by atoms with van der Waals surface area (Å²) in [5, 5.41) is 9.22. The van der Waals surface area contributed by atoms with Crippen LogP contribution in [0.15, 0.2) is 30.3 Å². The molecule has 0 bridgehead atoms. The Labute approximate surface area is 94.8 Å². The van der Waals surface area contributed by atoms with Crippen molar-refractivity contribution in [2.45, 2.75) is 19.4 Å². The van der Waals surface area contributed by atoms with Gasteiger partial charge in [-0.25, -0.2) is 4.79 Å². The molecule has 0 fully saturated rings. The van der Waals surface area contributed by atoms with Crippen molar-refractivity contribution in [3.8, 4) is 5.75 Å². The number of ether oxygens (including phenoxy) is 2. The standard InChI is InChI=1S/C12H16O4/c1-3-15-11(14)12(2,9-13)16-10-7-5-4-6-8-10/h4-8,13H,3,9H2,1-2H3. The van der Waals surface area contributed by atoms with Crippen molar-refractivity contribution in [2.75, 3.05) is 13.2 Å². The first-order valence-electron chi connectivity index (χ1n) is 5.14. The van der Waals surface area contributed by atoms with Gasteiger partial charge < -0.3 is 14.6 Å². The second-order valence-electron chi connectivity index (χ2n) is 3.52. The van der Waals surface area contributed by atoms with Crippen molar-refractivity contribution in [1.82, 2.24) is 0 Å². The van der Waals surface area contributed by atoms with Crippen molar-refractivity contribution in [1.29, 1.82) is 0 Å². The van der Waals surface area contributed by atoms with Crippen LogP contribution in [0.3, 0.4) is 0 Å². The Morgan fingerprint density at radius 2 is 2.00 bits per heavy atom. The lowest BCUT2D eigenvalue weighted by Gasteiger charge is -2.26. The number of hydrogen-bond acceptors (Lipinski definition) is 4. The van der Waals surface area contributed by atoms with Crippen LogP contribution in [0, 0.1) is 0 Å². The molecule has 0 aliphatic heterocycles. The van der Waals surface area contributed by atoms with Crippen LogP contribution in [-0.2, 0) is 9.53 Å². The first-order chi connectivity index (χ1) is 7.62. The molecule has 0 saturated carbocycles. The van der Waals surface area contributed by atoms with E-state index in [1.54, 1.807) is 31.2 Å². The van der Waals surface area contributed by atoms with Crippen molar-refractivity contribution >= 4 is 5.97 Å². The van der Waals surface area contributed by atoms with Crippen LogP contribution < -0.4 is 4.74 Å². The molecule has 0 aromatic heterocycles. The second kappa shape index (κ2) is 5.51. The van der Waals surface area contributed by atoms with Crippen LogP contribution in [0.2, 0.25) is 0 Å². The van der Waals surface area contributed by atoms with Gasteiger partial charge in [0.15, 0.2) is 0 Å². The first-order valence-corrected chi connectivity index (χ1v) is 5.14. The molecule has 0 aliphatic carbocycles. The number of carbonyl (C=O) groups excluding carboxylic acids is 1. The lowest BCUT2D eigenvalue weighted by molar-refractivity contribution is -0.163. The van der Waals surface area contributed by atoms with Crippen LogP contribution in [0.25, 0.3) is 0 Å². The van der Waals surface area contributed by atoms with E-state index in [9.17, 15) is 9.90 Å². The van der Waals surface area contributed by atoms with E-state index in [1.807, 2.05) is 6.07 Å². The highest BCUT2D eigenvalue weighted by atomic mass is 16.6. The number of esters is 1. The Kier molecular flexibility index (Phi) is 4.31. The summed E-state index contributed by atoms with van der Waals surface area (Å²) in [6.45, 7) is 3.03. The summed E-state index contributed by atoms with van der Waals surface area (Å²) >= 11 is 0. The van der Waals surface area contributed by atoms with E-state index in [1.165, 1.54) is 6.92 Å². The van der Waals surface area contributed by atoms with E-state index in [2.05, 4.69) is 0 Å². The maximum absolute atomic E-state index is 11.6. The van der Waals surface area contributed by atoms with E-state index >= 15 is 0 Å². The molecular formula is C12H16O4. The zero-order valence-corrected chi connectivity index (χ0v) is 9.47. The molecule has 0 saturated heterocycles. The smallest absolute Gasteiger partial charge is 0.352 e. The third-order valence-electron chi connectivity index (χ3n) is 2.10. The zero-order valence-electron chi connectivity index (χ0n) is 9.47. The normalized spacial score (nSPS) is 13.9. The third-order valence-corrected chi connectivity index (χ3v) is 2.10. The Morgan fingerprint density at radius 3 is 2.50 bits per heavy atom. The highest BCUT2D eigenvalue weighted by Crippen LogP contribution is 2.19.